The van der Waals surface area contributed by atoms with Crippen molar-refractivity contribution in [3.8, 4) is 0 Å². The van der Waals surface area contributed by atoms with Gasteiger partial charge in [0.2, 0.25) is 0 Å². The molecule has 1 N–H and O–H groups in total. The number of H-pyrrole nitrogens is 1. The van der Waals surface area contributed by atoms with Crippen LogP contribution in [0.2, 0.25) is 0 Å². The minimum atomic E-state index is -0.500. The SMILES string of the molecule is O=C(C(=O)N1CCC(C(=O)c2ccccc2)CC1)c1c[nH]c2ccccc12. The summed E-state index contributed by atoms with van der Waals surface area (Å²) in [5.74, 6) is -0.976. The first-order valence-electron chi connectivity index (χ1n) is 9.14. The highest BCUT2D eigenvalue weighted by Gasteiger charge is 2.31. The van der Waals surface area contributed by atoms with Crippen molar-refractivity contribution in [2.24, 2.45) is 5.92 Å². The maximum Gasteiger partial charge on any atom is 0.295 e. The first-order chi connectivity index (χ1) is 13.1. The number of carbonyl (C=O) groups is 3. The average molecular weight is 360 g/mol. The van der Waals surface area contributed by atoms with Crippen LogP contribution in [0.15, 0.2) is 60.8 Å². The van der Waals surface area contributed by atoms with Crippen molar-refractivity contribution in [2.45, 2.75) is 12.8 Å². The highest BCUT2D eigenvalue weighted by Crippen LogP contribution is 2.24. The molecule has 0 bridgehead atoms. The van der Waals surface area contributed by atoms with Gasteiger partial charge in [0.05, 0.1) is 5.56 Å². The lowest BCUT2D eigenvalue weighted by molar-refractivity contribution is -0.127. The lowest BCUT2D eigenvalue weighted by Crippen LogP contribution is -2.43. The molecule has 136 valence electrons. The molecule has 5 heteroatoms. The number of likely N-dealkylation sites (tertiary alicyclic amines) is 1. The zero-order chi connectivity index (χ0) is 18.8. The number of amides is 1. The van der Waals surface area contributed by atoms with E-state index in [1.807, 2.05) is 54.6 Å². The standard InChI is InChI=1S/C22H20N2O3/c25-20(15-6-2-1-3-7-15)16-10-12-24(13-11-16)22(27)21(26)18-14-23-19-9-5-4-8-17(18)19/h1-9,14,16,23H,10-13H2. The lowest BCUT2D eigenvalue weighted by atomic mass is 9.88. The first-order valence-corrected chi connectivity index (χ1v) is 9.14. The summed E-state index contributed by atoms with van der Waals surface area (Å²) >= 11 is 0. The number of hydrogen-bond donors (Lipinski definition) is 1. The summed E-state index contributed by atoms with van der Waals surface area (Å²) in [7, 11) is 0. The Hall–Kier alpha value is -3.21. The Balaban J connectivity index is 1.43. The van der Waals surface area contributed by atoms with Gasteiger partial charge in [-0.05, 0) is 18.9 Å². The van der Waals surface area contributed by atoms with E-state index < -0.39 is 11.7 Å². The monoisotopic (exact) mass is 360 g/mol. The van der Waals surface area contributed by atoms with Gasteiger partial charge in [-0.2, -0.15) is 0 Å². The molecule has 1 saturated heterocycles. The molecule has 0 saturated carbocycles. The number of Topliss-reactive ketones (excluding diaryl/α,β-unsaturated/α-hetero) is 2. The predicted octanol–water partition coefficient (Wildman–Crippen LogP) is 3.47. The third kappa shape index (κ3) is 3.28. The maximum atomic E-state index is 12.7. The number of benzene rings is 2. The van der Waals surface area contributed by atoms with Gasteiger partial charge in [-0.15, -0.1) is 0 Å². The van der Waals surface area contributed by atoms with E-state index in [4.69, 9.17) is 0 Å². The van der Waals surface area contributed by atoms with Crippen LogP contribution >= 0.6 is 0 Å². The molecule has 1 aromatic heterocycles. The van der Waals surface area contributed by atoms with Gasteiger partial charge in [0, 0.05) is 41.7 Å². The Kier molecular flexibility index (Phi) is 4.59. The molecule has 0 atom stereocenters. The molecule has 0 spiro atoms. The van der Waals surface area contributed by atoms with Crippen molar-refractivity contribution in [2.75, 3.05) is 13.1 Å². The van der Waals surface area contributed by atoms with Gasteiger partial charge in [-0.1, -0.05) is 48.5 Å². The number of ketones is 2. The quantitative estimate of drug-likeness (QED) is 0.572. The van der Waals surface area contributed by atoms with Crippen LogP contribution in [0, 0.1) is 5.92 Å². The third-order valence-electron chi connectivity index (χ3n) is 5.24. The number of piperidine rings is 1. The van der Waals surface area contributed by atoms with Gasteiger partial charge in [0.25, 0.3) is 11.7 Å². The fourth-order valence-corrected chi connectivity index (χ4v) is 3.70. The molecule has 1 aliphatic heterocycles. The van der Waals surface area contributed by atoms with Crippen molar-refractivity contribution in [1.82, 2.24) is 9.88 Å². The van der Waals surface area contributed by atoms with E-state index in [1.165, 1.54) is 0 Å². The van der Waals surface area contributed by atoms with Crippen LogP contribution in [0.5, 0.6) is 0 Å². The predicted molar refractivity (Wildman–Crippen MR) is 103 cm³/mol. The molecule has 3 aromatic rings. The summed E-state index contributed by atoms with van der Waals surface area (Å²) in [6.07, 6.45) is 2.76. The molecule has 27 heavy (non-hydrogen) atoms. The first kappa shape index (κ1) is 17.2. The molecule has 0 unspecified atom stereocenters. The van der Waals surface area contributed by atoms with E-state index in [9.17, 15) is 14.4 Å². The number of fused-ring (bicyclic) bond motifs is 1. The minimum Gasteiger partial charge on any atom is -0.360 e. The second kappa shape index (κ2) is 7.19. The number of rotatable bonds is 4. The summed E-state index contributed by atoms with van der Waals surface area (Å²) in [6.45, 7) is 0.854. The number of nitrogens with one attached hydrogen (secondary N) is 1. The van der Waals surface area contributed by atoms with Crippen molar-refractivity contribution in [3.63, 3.8) is 0 Å². The van der Waals surface area contributed by atoms with Crippen LogP contribution < -0.4 is 0 Å². The van der Waals surface area contributed by atoms with Gasteiger partial charge >= 0.3 is 0 Å². The highest BCUT2D eigenvalue weighted by atomic mass is 16.2. The van der Waals surface area contributed by atoms with Gasteiger partial charge in [-0.25, -0.2) is 0 Å². The molecule has 4 rings (SSSR count). The molecule has 2 aromatic carbocycles. The fourth-order valence-electron chi connectivity index (χ4n) is 3.70. The van der Waals surface area contributed by atoms with Gasteiger partial charge in [0.1, 0.15) is 0 Å². The Labute approximate surface area is 157 Å². The Morgan fingerprint density at radius 3 is 2.30 bits per heavy atom. The minimum absolute atomic E-state index is 0.0976. The smallest absolute Gasteiger partial charge is 0.295 e. The summed E-state index contributed by atoms with van der Waals surface area (Å²) < 4.78 is 0. The highest BCUT2D eigenvalue weighted by molar-refractivity contribution is 6.44. The van der Waals surface area contributed by atoms with Crippen molar-refractivity contribution >= 4 is 28.4 Å². The number of nitrogens with zero attached hydrogens (tertiary/aromatic N) is 1. The van der Waals surface area contributed by atoms with Crippen molar-refractivity contribution in [1.29, 1.82) is 0 Å². The molecule has 0 aliphatic carbocycles. The topological polar surface area (TPSA) is 70.2 Å². The fraction of sp³-hybridized carbons (Fsp3) is 0.227. The Morgan fingerprint density at radius 1 is 0.889 bits per heavy atom. The van der Waals surface area contributed by atoms with Crippen molar-refractivity contribution in [3.05, 3.63) is 71.9 Å². The Morgan fingerprint density at radius 2 is 1.56 bits per heavy atom. The van der Waals surface area contributed by atoms with Crippen LogP contribution in [-0.4, -0.2) is 40.4 Å². The normalized spacial score (nSPS) is 15.0. The molecule has 5 nitrogen and oxygen atoms in total. The molecule has 0 radical (unpaired) electrons. The Bertz CT molecular complexity index is 999. The van der Waals surface area contributed by atoms with E-state index in [-0.39, 0.29) is 11.7 Å². The second-order valence-electron chi connectivity index (χ2n) is 6.87. The zero-order valence-electron chi connectivity index (χ0n) is 14.9. The van der Waals surface area contributed by atoms with Crippen LogP contribution in [0.4, 0.5) is 0 Å². The number of aromatic nitrogens is 1. The van der Waals surface area contributed by atoms with E-state index in [1.54, 1.807) is 11.1 Å². The van der Waals surface area contributed by atoms with Gasteiger partial charge in [0.15, 0.2) is 5.78 Å². The molecule has 2 heterocycles. The summed E-state index contributed by atoms with van der Waals surface area (Å²) in [5, 5.41) is 0.755. The van der Waals surface area contributed by atoms with Crippen LogP contribution in [0.25, 0.3) is 10.9 Å². The van der Waals surface area contributed by atoms with Crippen molar-refractivity contribution < 1.29 is 14.4 Å². The number of para-hydroxylation sites is 1. The van der Waals surface area contributed by atoms with Crippen LogP contribution in [0.3, 0.4) is 0 Å². The van der Waals surface area contributed by atoms with Gasteiger partial charge < -0.3 is 9.88 Å². The second-order valence-corrected chi connectivity index (χ2v) is 6.87. The largest absolute Gasteiger partial charge is 0.360 e. The summed E-state index contributed by atoms with van der Waals surface area (Å²) in [5.41, 5.74) is 1.94. The van der Waals surface area contributed by atoms with E-state index in [2.05, 4.69) is 4.98 Å². The lowest BCUT2D eigenvalue weighted by Gasteiger charge is -2.30. The van der Waals surface area contributed by atoms with Gasteiger partial charge in [-0.3, -0.25) is 14.4 Å². The van der Waals surface area contributed by atoms with Crippen LogP contribution in [-0.2, 0) is 4.79 Å². The average Bonchev–Trinajstić information content (AvgIpc) is 3.17. The summed E-state index contributed by atoms with van der Waals surface area (Å²) in [6, 6.07) is 16.7. The number of hydrogen-bond acceptors (Lipinski definition) is 3. The number of carbonyl (C=O) groups excluding carboxylic acids is 3. The van der Waals surface area contributed by atoms with Crippen LogP contribution in [0.1, 0.15) is 33.6 Å². The molecular formula is C22H20N2O3. The maximum absolute atomic E-state index is 12.7. The van der Waals surface area contributed by atoms with E-state index in [0.717, 1.165) is 10.9 Å². The molecular weight excluding hydrogens is 340 g/mol. The third-order valence-corrected chi connectivity index (χ3v) is 5.24. The number of aromatic amines is 1. The molecule has 1 fully saturated rings. The van der Waals surface area contributed by atoms with E-state index >= 15 is 0 Å². The zero-order valence-corrected chi connectivity index (χ0v) is 14.9. The molecule has 1 aliphatic rings. The van der Waals surface area contributed by atoms with E-state index in [0.29, 0.717) is 37.1 Å². The molecule has 1 amide bonds. The summed E-state index contributed by atoms with van der Waals surface area (Å²) in [4.78, 5) is 42.5.